The van der Waals surface area contributed by atoms with Gasteiger partial charge in [0.05, 0.1) is 12.6 Å². The van der Waals surface area contributed by atoms with Gasteiger partial charge in [0.1, 0.15) is 17.7 Å². The van der Waals surface area contributed by atoms with Crippen molar-refractivity contribution in [2.45, 2.75) is 12.5 Å². The van der Waals surface area contributed by atoms with Crippen molar-refractivity contribution in [3.05, 3.63) is 35.5 Å². The molecule has 3 N–H and O–H groups in total. The maximum atomic E-state index is 13.4. The standard InChI is InChI=1S/C12H12F2N2O2.ClH/c1-18-12(17)10(15)2-6-5-16-11-8(6)3-7(13)4-9(11)14;/h3-5,10,16H,2,15H2,1H3;1H/t10-;/m1./s1. The van der Waals surface area contributed by atoms with Gasteiger partial charge in [-0.05, 0) is 11.6 Å². The van der Waals surface area contributed by atoms with Gasteiger partial charge in [-0.1, -0.05) is 0 Å². The summed E-state index contributed by atoms with van der Waals surface area (Å²) in [5.41, 5.74) is 6.38. The van der Waals surface area contributed by atoms with Crippen LogP contribution in [0.5, 0.6) is 0 Å². The fourth-order valence-electron chi connectivity index (χ4n) is 1.85. The number of fused-ring (bicyclic) bond motifs is 1. The molecule has 19 heavy (non-hydrogen) atoms. The number of benzene rings is 1. The van der Waals surface area contributed by atoms with Crippen LogP contribution in [0.3, 0.4) is 0 Å². The number of aromatic amines is 1. The van der Waals surface area contributed by atoms with Crippen molar-refractivity contribution in [1.29, 1.82) is 0 Å². The SMILES string of the molecule is COC(=O)[C@H](N)Cc1c[nH]c2c(F)cc(F)cc12.Cl. The van der Waals surface area contributed by atoms with Gasteiger partial charge in [0.15, 0.2) is 0 Å². The highest BCUT2D eigenvalue weighted by molar-refractivity contribution is 5.85. The van der Waals surface area contributed by atoms with Crippen molar-refractivity contribution in [1.82, 2.24) is 4.98 Å². The van der Waals surface area contributed by atoms with Gasteiger partial charge in [-0.15, -0.1) is 12.4 Å². The molecule has 0 amide bonds. The summed E-state index contributed by atoms with van der Waals surface area (Å²) in [5.74, 6) is -1.92. The van der Waals surface area contributed by atoms with Gasteiger partial charge in [-0.3, -0.25) is 4.79 Å². The number of methoxy groups -OCH3 is 1. The lowest BCUT2D eigenvalue weighted by atomic mass is 10.1. The number of carbonyl (C=O) groups excluding carboxylic acids is 1. The summed E-state index contributed by atoms with van der Waals surface area (Å²) >= 11 is 0. The van der Waals surface area contributed by atoms with Crippen molar-refractivity contribution in [3.63, 3.8) is 0 Å². The minimum absolute atomic E-state index is 0. The number of hydrogen-bond acceptors (Lipinski definition) is 3. The van der Waals surface area contributed by atoms with Crippen LogP contribution >= 0.6 is 12.4 Å². The number of aromatic nitrogens is 1. The second kappa shape index (κ2) is 5.99. The molecule has 0 saturated carbocycles. The van der Waals surface area contributed by atoms with E-state index in [1.807, 2.05) is 0 Å². The normalized spacial score (nSPS) is 12.0. The van der Waals surface area contributed by atoms with Crippen LogP contribution in [0.15, 0.2) is 18.3 Å². The largest absolute Gasteiger partial charge is 0.468 e. The highest BCUT2D eigenvalue weighted by atomic mass is 35.5. The first-order valence-corrected chi connectivity index (χ1v) is 5.31. The number of carbonyl (C=O) groups is 1. The number of nitrogens with one attached hydrogen (secondary N) is 1. The molecule has 0 bridgehead atoms. The Morgan fingerprint density at radius 1 is 1.47 bits per heavy atom. The monoisotopic (exact) mass is 290 g/mol. The van der Waals surface area contributed by atoms with Gasteiger partial charge < -0.3 is 15.5 Å². The van der Waals surface area contributed by atoms with Gasteiger partial charge in [0.25, 0.3) is 0 Å². The summed E-state index contributed by atoms with van der Waals surface area (Å²) in [6.07, 6.45) is 1.66. The van der Waals surface area contributed by atoms with E-state index in [0.29, 0.717) is 10.9 Å². The van der Waals surface area contributed by atoms with Crippen LogP contribution in [0, 0.1) is 11.6 Å². The molecule has 2 aromatic rings. The van der Waals surface area contributed by atoms with Crippen molar-refractivity contribution in [3.8, 4) is 0 Å². The molecular formula is C12H13ClF2N2O2. The van der Waals surface area contributed by atoms with Crippen LogP contribution in [0.2, 0.25) is 0 Å². The molecule has 0 aliphatic rings. The molecule has 0 aliphatic carbocycles. The van der Waals surface area contributed by atoms with Crippen molar-refractivity contribution >= 4 is 29.3 Å². The fourth-order valence-corrected chi connectivity index (χ4v) is 1.85. The molecular weight excluding hydrogens is 278 g/mol. The summed E-state index contributed by atoms with van der Waals surface area (Å²) in [5, 5.41) is 0.381. The minimum atomic E-state index is -0.861. The summed E-state index contributed by atoms with van der Waals surface area (Å²) in [7, 11) is 1.23. The van der Waals surface area contributed by atoms with Crippen LogP contribution in [0.4, 0.5) is 8.78 Å². The number of H-pyrrole nitrogens is 1. The van der Waals surface area contributed by atoms with E-state index in [9.17, 15) is 13.6 Å². The zero-order valence-corrected chi connectivity index (χ0v) is 10.9. The Morgan fingerprint density at radius 3 is 2.79 bits per heavy atom. The van der Waals surface area contributed by atoms with E-state index in [0.717, 1.165) is 6.07 Å². The Kier molecular flexibility index (Phi) is 4.85. The molecule has 0 saturated heterocycles. The second-order valence-corrected chi connectivity index (χ2v) is 3.96. The molecule has 0 unspecified atom stereocenters. The van der Waals surface area contributed by atoms with E-state index in [2.05, 4.69) is 9.72 Å². The smallest absolute Gasteiger partial charge is 0.322 e. The quantitative estimate of drug-likeness (QED) is 0.849. The summed E-state index contributed by atoms with van der Waals surface area (Å²) < 4.78 is 31.1. The maximum Gasteiger partial charge on any atom is 0.322 e. The Hall–Kier alpha value is -1.66. The average molecular weight is 291 g/mol. The number of nitrogens with two attached hydrogens (primary N) is 1. The van der Waals surface area contributed by atoms with E-state index in [1.54, 1.807) is 0 Å². The first-order valence-electron chi connectivity index (χ1n) is 5.31. The second-order valence-electron chi connectivity index (χ2n) is 3.96. The van der Waals surface area contributed by atoms with Gasteiger partial charge >= 0.3 is 5.97 Å². The fraction of sp³-hybridized carbons (Fsp3) is 0.250. The molecule has 4 nitrogen and oxygen atoms in total. The molecule has 1 atom stereocenters. The van der Waals surface area contributed by atoms with Crippen molar-refractivity contribution in [2.75, 3.05) is 7.11 Å². The summed E-state index contributed by atoms with van der Waals surface area (Å²) in [6, 6.07) is 1.14. The number of rotatable bonds is 3. The van der Waals surface area contributed by atoms with E-state index in [1.165, 1.54) is 19.4 Å². The van der Waals surface area contributed by atoms with Crippen LogP contribution in [0.1, 0.15) is 5.56 Å². The Labute approximate surface area is 114 Å². The lowest BCUT2D eigenvalue weighted by Gasteiger charge is -2.08. The van der Waals surface area contributed by atoms with Gasteiger partial charge in [-0.2, -0.15) is 0 Å². The van der Waals surface area contributed by atoms with Crippen LogP contribution in [-0.2, 0) is 16.0 Å². The van der Waals surface area contributed by atoms with Gasteiger partial charge in [0.2, 0.25) is 0 Å². The lowest BCUT2D eigenvalue weighted by Crippen LogP contribution is -2.33. The van der Waals surface area contributed by atoms with Gasteiger partial charge in [-0.25, -0.2) is 8.78 Å². The van der Waals surface area contributed by atoms with Crippen LogP contribution in [0.25, 0.3) is 10.9 Å². The topological polar surface area (TPSA) is 68.1 Å². The van der Waals surface area contributed by atoms with Crippen molar-refractivity contribution < 1.29 is 18.3 Å². The van der Waals surface area contributed by atoms with Crippen LogP contribution in [-0.4, -0.2) is 24.1 Å². The number of halogens is 3. The minimum Gasteiger partial charge on any atom is -0.468 e. The molecule has 1 heterocycles. The summed E-state index contributed by atoms with van der Waals surface area (Å²) in [6.45, 7) is 0. The maximum absolute atomic E-state index is 13.4. The predicted molar refractivity (Wildman–Crippen MR) is 69.2 cm³/mol. The predicted octanol–water partition coefficient (Wildman–Crippen LogP) is 1.91. The molecule has 0 aliphatic heterocycles. The molecule has 1 aromatic carbocycles. The first-order chi connectivity index (χ1) is 8.52. The lowest BCUT2D eigenvalue weighted by molar-refractivity contribution is -0.142. The molecule has 7 heteroatoms. The third-order valence-electron chi connectivity index (χ3n) is 2.74. The third-order valence-corrected chi connectivity index (χ3v) is 2.74. The molecule has 0 fully saturated rings. The van der Waals surface area contributed by atoms with Crippen molar-refractivity contribution in [2.24, 2.45) is 5.73 Å². The van der Waals surface area contributed by atoms with Gasteiger partial charge in [0, 0.05) is 24.1 Å². The molecule has 0 spiro atoms. The zero-order chi connectivity index (χ0) is 13.3. The van der Waals surface area contributed by atoms with E-state index in [-0.39, 0.29) is 24.3 Å². The molecule has 104 valence electrons. The highest BCUT2D eigenvalue weighted by Gasteiger charge is 2.17. The number of ether oxygens (including phenoxy) is 1. The molecule has 2 rings (SSSR count). The van der Waals surface area contributed by atoms with E-state index < -0.39 is 23.6 Å². The van der Waals surface area contributed by atoms with E-state index in [4.69, 9.17) is 5.73 Å². The first kappa shape index (κ1) is 15.4. The molecule has 1 aromatic heterocycles. The Morgan fingerprint density at radius 2 is 2.16 bits per heavy atom. The van der Waals surface area contributed by atoms with E-state index >= 15 is 0 Å². The zero-order valence-electron chi connectivity index (χ0n) is 10.1. The Bertz CT molecular complexity index is 601. The summed E-state index contributed by atoms with van der Waals surface area (Å²) in [4.78, 5) is 13.9. The average Bonchev–Trinajstić information content (AvgIpc) is 2.71. The highest BCUT2D eigenvalue weighted by Crippen LogP contribution is 2.23. The number of hydrogen-bond donors (Lipinski definition) is 2. The van der Waals surface area contributed by atoms with Crippen LogP contribution < -0.4 is 5.73 Å². The number of esters is 1. The molecule has 0 radical (unpaired) electrons. The Balaban J connectivity index is 0.00000180. The third kappa shape index (κ3) is 3.02.